The summed E-state index contributed by atoms with van der Waals surface area (Å²) in [6.45, 7) is 5.27. The van der Waals surface area contributed by atoms with Crippen LogP contribution >= 0.6 is 11.3 Å². The quantitative estimate of drug-likeness (QED) is 0.769. The number of carbonyl (C=O) groups is 1. The number of hydrogen-bond donors (Lipinski definition) is 0. The van der Waals surface area contributed by atoms with Gasteiger partial charge in [0, 0.05) is 17.5 Å². The molecule has 24 heavy (non-hydrogen) atoms. The van der Waals surface area contributed by atoms with Gasteiger partial charge in [0.25, 0.3) is 0 Å². The Balaban J connectivity index is 1.88. The average Bonchev–Trinajstić information content (AvgIpc) is 3.21. The molecule has 0 radical (unpaired) electrons. The number of anilines is 1. The predicted octanol–water partition coefficient (Wildman–Crippen LogP) is 2.77. The summed E-state index contributed by atoms with van der Waals surface area (Å²) in [5.41, 5.74) is 0.405. The highest BCUT2D eigenvalue weighted by molar-refractivity contribution is 7.12. The molecule has 1 aliphatic heterocycles. The summed E-state index contributed by atoms with van der Waals surface area (Å²) < 4.78 is 10.3. The van der Waals surface area contributed by atoms with Gasteiger partial charge in [-0.2, -0.15) is 0 Å². The highest BCUT2D eigenvalue weighted by Crippen LogP contribution is 2.38. The molecular formula is C16H20N4O3S. The third kappa shape index (κ3) is 3.19. The number of thiazole rings is 1. The highest BCUT2D eigenvalue weighted by atomic mass is 32.1. The number of methoxy groups -OCH3 is 1. The van der Waals surface area contributed by atoms with Gasteiger partial charge in [-0.3, -0.25) is 0 Å². The molecule has 8 heteroatoms. The molecule has 1 atom stereocenters. The molecule has 0 unspecified atom stereocenters. The van der Waals surface area contributed by atoms with Crippen LogP contribution in [0.3, 0.4) is 0 Å². The molecule has 0 saturated carbocycles. The molecule has 1 aliphatic rings. The number of carbonyl (C=O) groups excluding carboxylic acids is 1. The molecule has 0 spiro atoms. The minimum Gasteiger partial charge on any atom is -0.478 e. The lowest BCUT2D eigenvalue weighted by Crippen LogP contribution is -2.23. The Bertz CT molecular complexity index is 734. The second-order valence-electron chi connectivity index (χ2n) is 5.45. The molecule has 0 bridgehead atoms. The van der Waals surface area contributed by atoms with E-state index in [-0.39, 0.29) is 12.0 Å². The molecule has 3 rings (SSSR count). The van der Waals surface area contributed by atoms with Gasteiger partial charge >= 0.3 is 5.97 Å². The van der Waals surface area contributed by atoms with Crippen molar-refractivity contribution >= 4 is 23.1 Å². The van der Waals surface area contributed by atoms with Crippen molar-refractivity contribution in [1.82, 2.24) is 15.0 Å². The van der Waals surface area contributed by atoms with Crippen molar-refractivity contribution in [2.24, 2.45) is 0 Å². The molecule has 2 aromatic rings. The van der Waals surface area contributed by atoms with Crippen molar-refractivity contribution in [3.05, 3.63) is 28.0 Å². The zero-order chi connectivity index (χ0) is 17.1. The molecule has 3 heterocycles. The van der Waals surface area contributed by atoms with Crippen LogP contribution in [0.15, 0.2) is 12.4 Å². The van der Waals surface area contributed by atoms with E-state index in [4.69, 9.17) is 9.47 Å². The van der Waals surface area contributed by atoms with Crippen LogP contribution in [0, 0.1) is 6.92 Å². The first-order chi connectivity index (χ1) is 11.6. The lowest BCUT2D eigenvalue weighted by Gasteiger charge is -2.24. The number of rotatable bonds is 5. The lowest BCUT2D eigenvalue weighted by atomic mass is 10.2. The standard InChI is InChI=1S/C16H20N4O3S/c1-4-23-13-8-12(17-9-18-13)20-7-5-6-11(20)15-19-14(10(2)24-15)16(21)22-3/h8-9,11H,4-7H2,1-3H3/t11-/m0/s1. The zero-order valence-corrected chi connectivity index (χ0v) is 14.8. The van der Waals surface area contributed by atoms with Gasteiger partial charge < -0.3 is 14.4 Å². The number of esters is 1. The SMILES string of the molecule is CCOc1cc(N2CCC[C@H]2c2nc(C(=O)OC)c(C)s2)ncn1. The zero-order valence-electron chi connectivity index (χ0n) is 14.0. The van der Waals surface area contributed by atoms with E-state index in [1.54, 1.807) is 0 Å². The number of aromatic nitrogens is 3. The van der Waals surface area contributed by atoms with Gasteiger partial charge in [0.15, 0.2) is 5.69 Å². The van der Waals surface area contributed by atoms with Crippen LogP contribution in [0.5, 0.6) is 5.88 Å². The summed E-state index contributed by atoms with van der Waals surface area (Å²) in [4.78, 5) is 27.9. The summed E-state index contributed by atoms with van der Waals surface area (Å²) >= 11 is 1.54. The fourth-order valence-electron chi connectivity index (χ4n) is 2.86. The Labute approximate surface area is 144 Å². The van der Waals surface area contributed by atoms with Crippen molar-refractivity contribution in [2.45, 2.75) is 32.7 Å². The number of hydrogen-bond acceptors (Lipinski definition) is 8. The van der Waals surface area contributed by atoms with Crippen LogP contribution in [0.4, 0.5) is 5.82 Å². The summed E-state index contributed by atoms with van der Waals surface area (Å²) in [5.74, 6) is 1.00. The van der Waals surface area contributed by atoms with Gasteiger partial charge in [0.05, 0.1) is 19.8 Å². The minimum absolute atomic E-state index is 0.108. The third-order valence-electron chi connectivity index (χ3n) is 3.94. The molecule has 128 valence electrons. The topological polar surface area (TPSA) is 77.4 Å². The summed E-state index contributed by atoms with van der Waals surface area (Å²) in [6, 6.07) is 1.96. The Morgan fingerprint density at radius 3 is 3.04 bits per heavy atom. The smallest absolute Gasteiger partial charge is 0.357 e. The molecular weight excluding hydrogens is 328 g/mol. The van der Waals surface area contributed by atoms with E-state index in [1.165, 1.54) is 24.8 Å². The van der Waals surface area contributed by atoms with E-state index in [1.807, 2.05) is 19.9 Å². The fraction of sp³-hybridized carbons (Fsp3) is 0.500. The number of nitrogens with zero attached hydrogens (tertiary/aromatic N) is 4. The first kappa shape index (κ1) is 16.6. The van der Waals surface area contributed by atoms with Crippen LogP contribution in [0.1, 0.15) is 46.2 Å². The lowest BCUT2D eigenvalue weighted by molar-refractivity contribution is 0.0594. The van der Waals surface area contributed by atoms with Gasteiger partial charge in [-0.1, -0.05) is 0 Å². The van der Waals surface area contributed by atoms with Crippen molar-refractivity contribution in [3.63, 3.8) is 0 Å². The van der Waals surface area contributed by atoms with Crippen molar-refractivity contribution in [3.8, 4) is 5.88 Å². The Hall–Kier alpha value is -2.22. The summed E-state index contributed by atoms with van der Waals surface area (Å²) in [5, 5.41) is 0.918. The van der Waals surface area contributed by atoms with E-state index < -0.39 is 0 Å². The number of aryl methyl sites for hydroxylation is 1. The van der Waals surface area contributed by atoms with Gasteiger partial charge in [-0.25, -0.2) is 19.7 Å². The maximum Gasteiger partial charge on any atom is 0.357 e. The first-order valence-electron chi connectivity index (χ1n) is 7.91. The van der Waals surface area contributed by atoms with E-state index in [0.717, 1.165) is 35.1 Å². The van der Waals surface area contributed by atoms with E-state index in [0.29, 0.717) is 18.2 Å². The molecule has 0 N–H and O–H groups in total. The van der Waals surface area contributed by atoms with E-state index >= 15 is 0 Å². The van der Waals surface area contributed by atoms with Gasteiger partial charge in [-0.15, -0.1) is 11.3 Å². The molecule has 2 aromatic heterocycles. The third-order valence-corrected chi connectivity index (χ3v) is 5.02. The minimum atomic E-state index is -0.389. The van der Waals surface area contributed by atoms with E-state index in [9.17, 15) is 4.79 Å². The Morgan fingerprint density at radius 2 is 2.29 bits per heavy atom. The summed E-state index contributed by atoms with van der Waals surface area (Å²) in [6.07, 6.45) is 3.54. The maximum absolute atomic E-state index is 11.8. The normalized spacial score (nSPS) is 17.1. The molecule has 0 aliphatic carbocycles. The second-order valence-corrected chi connectivity index (χ2v) is 6.68. The van der Waals surface area contributed by atoms with Gasteiger partial charge in [-0.05, 0) is 26.7 Å². The predicted molar refractivity (Wildman–Crippen MR) is 90.7 cm³/mol. The first-order valence-corrected chi connectivity index (χ1v) is 8.72. The van der Waals surface area contributed by atoms with Crippen LogP contribution in [-0.4, -0.2) is 41.2 Å². The molecule has 0 aromatic carbocycles. The molecule has 1 saturated heterocycles. The van der Waals surface area contributed by atoms with Crippen molar-refractivity contribution in [1.29, 1.82) is 0 Å². The Morgan fingerprint density at radius 1 is 1.46 bits per heavy atom. The molecule has 0 amide bonds. The van der Waals surface area contributed by atoms with Gasteiger partial charge in [0.2, 0.25) is 5.88 Å². The number of ether oxygens (including phenoxy) is 2. The van der Waals surface area contributed by atoms with Crippen LogP contribution in [0.2, 0.25) is 0 Å². The Kier molecular flexibility index (Phi) is 4.94. The molecule has 7 nitrogen and oxygen atoms in total. The van der Waals surface area contributed by atoms with Crippen LogP contribution in [0.25, 0.3) is 0 Å². The van der Waals surface area contributed by atoms with Crippen molar-refractivity contribution in [2.75, 3.05) is 25.2 Å². The average molecular weight is 348 g/mol. The largest absolute Gasteiger partial charge is 0.478 e. The van der Waals surface area contributed by atoms with Crippen LogP contribution in [-0.2, 0) is 4.74 Å². The second kappa shape index (κ2) is 7.12. The van der Waals surface area contributed by atoms with Crippen molar-refractivity contribution < 1.29 is 14.3 Å². The fourth-order valence-corrected chi connectivity index (χ4v) is 3.91. The molecule has 1 fully saturated rings. The summed E-state index contributed by atoms with van der Waals surface area (Å²) in [7, 11) is 1.37. The van der Waals surface area contributed by atoms with E-state index in [2.05, 4.69) is 19.9 Å². The maximum atomic E-state index is 11.8. The highest BCUT2D eigenvalue weighted by Gasteiger charge is 2.31. The van der Waals surface area contributed by atoms with Gasteiger partial charge in [0.1, 0.15) is 17.2 Å². The van der Waals surface area contributed by atoms with Crippen LogP contribution < -0.4 is 9.64 Å². The monoisotopic (exact) mass is 348 g/mol.